The first kappa shape index (κ1) is 8.16. The fraction of sp³-hybridized carbons (Fsp3) is 0.111. The van der Waals surface area contributed by atoms with Gasteiger partial charge in [0, 0.05) is 6.92 Å². The summed E-state index contributed by atoms with van der Waals surface area (Å²) in [6.07, 6.45) is 0. The number of hydrogen-bond donors (Lipinski definition) is 0. The van der Waals surface area contributed by atoms with Crippen LogP contribution < -0.4 is 5.30 Å². The van der Waals surface area contributed by atoms with Gasteiger partial charge in [0.2, 0.25) is 0 Å². The summed E-state index contributed by atoms with van der Waals surface area (Å²) in [5.74, 6) is 1.86. The number of hydrogen-bond acceptors (Lipinski definition) is 1. The van der Waals surface area contributed by atoms with Crippen molar-refractivity contribution < 1.29 is 4.79 Å². The number of rotatable bonds is 2. The van der Waals surface area contributed by atoms with Crippen LogP contribution in [-0.4, -0.2) is 11.6 Å². The molecule has 1 nitrogen and oxygen atoms in total. The Labute approximate surface area is 67.9 Å². The highest BCUT2D eigenvalue weighted by Crippen LogP contribution is 1.95. The van der Waals surface area contributed by atoms with Gasteiger partial charge in [-0.3, -0.25) is 4.79 Å². The molecule has 56 valence electrons. The zero-order valence-electron chi connectivity index (χ0n) is 6.37. The Morgan fingerprint density at radius 3 is 2.55 bits per heavy atom. The third-order valence-corrected chi connectivity index (χ3v) is 2.43. The molecule has 0 spiro atoms. The molecular formula is C9H10OP+. The highest BCUT2D eigenvalue weighted by Gasteiger charge is 1.94. The first-order chi connectivity index (χ1) is 5.29. The van der Waals surface area contributed by atoms with E-state index in [1.165, 1.54) is 5.30 Å². The molecule has 0 aromatic heterocycles. The van der Waals surface area contributed by atoms with Crippen LogP contribution in [0.5, 0.6) is 0 Å². The largest absolute Gasteiger partial charge is 0.291 e. The average molecular weight is 165 g/mol. The van der Waals surface area contributed by atoms with E-state index in [4.69, 9.17) is 0 Å². The summed E-state index contributed by atoms with van der Waals surface area (Å²) in [5, 5.41) is 1.21. The van der Waals surface area contributed by atoms with Crippen LogP contribution in [-0.2, 0) is 4.79 Å². The SMILES string of the molecule is CC(=O)C=[PH+]c1ccccc1. The average Bonchev–Trinajstić information content (AvgIpc) is 2.03. The second kappa shape index (κ2) is 4.05. The van der Waals surface area contributed by atoms with E-state index in [1.54, 1.807) is 12.7 Å². The van der Waals surface area contributed by atoms with Gasteiger partial charge < -0.3 is 0 Å². The molecule has 0 fully saturated rings. The first-order valence-corrected chi connectivity index (χ1v) is 4.52. The van der Waals surface area contributed by atoms with E-state index >= 15 is 0 Å². The molecule has 0 saturated carbocycles. The molecule has 1 aromatic carbocycles. The topological polar surface area (TPSA) is 17.1 Å². The van der Waals surface area contributed by atoms with Crippen molar-refractivity contribution >= 4 is 25.1 Å². The summed E-state index contributed by atoms with van der Waals surface area (Å²) in [6.45, 7) is 1.58. The number of Topliss-reactive ketones (excluding diaryl/α,β-unsaturated/α-hetero) is 1. The van der Waals surface area contributed by atoms with Crippen LogP contribution in [0, 0.1) is 0 Å². The molecular weight excluding hydrogens is 155 g/mol. The van der Waals surface area contributed by atoms with Crippen LogP contribution >= 0.6 is 8.20 Å². The van der Waals surface area contributed by atoms with Gasteiger partial charge >= 0.3 is 0 Å². The smallest absolute Gasteiger partial charge is 0.194 e. The van der Waals surface area contributed by atoms with E-state index in [9.17, 15) is 4.79 Å². The highest BCUT2D eigenvalue weighted by atomic mass is 31.1. The predicted octanol–water partition coefficient (Wildman–Crippen LogP) is 1.38. The van der Waals surface area contributed by atoms with Crippen molar-refractivity contribution in [2.45, 2.75) is 6.92 Å². The van der Waals surface area contributed by atoms with E-state index in [1.807, 2.05) is 30.3 Å². The normalized spacial score (nSPS) is 10.3. The van der Waals surface area contributed by atoms with Gasteiger partial charge in [-0.25, -0.2) is 0 Å². The molecule has 0 aliphatic heterocycles. The molecule has 1 aromatic rings. The lowest BCUT2D eigenvalue weighted by Crippen LogP contribution is -1.92. The van der Waals surface area contributed by atoms with Gasteiger partial charge in [-0.2, -0.15) is 0 Å². The minimum Gasteiger partial charge on any atom is -0.291 e. The highest BCUT2D eigenvalue weighted by molar-refractivity contribution is 7.49. The van der Waals surface area contributed by atoms with Crippen molar-refractivity contribution in [2.24, 2.45) is 0 Å². The minimum atomic E-state index is 0.146. The molecule has 1 unspecified atom stereocenters. The third-order valence-electron chi connectivity index (χ3n) is 1.22. The molecule has 0 N–H and O–H groups in total. The Kier molecular flexibility index (Phi) is 3.00. The maximum Gasteiger partial charge on any atom is 0.194 e. The number of carbonyl (C=O) groups excluding carboxylic acids is 1. The maximum atomic E-state index is 10.6. The van der Waals surface area contributed by atoms with Crippen LogP contribution in [0.15, 0.2) is 30.3 Å². The van der Waals surface area contributed by atoms with Gasteiger partial charge in [0.25, 0.3) is 0 Å². The Morgan fingerprint density at radius 1 is 1.36 bits per heavy atom. The predicted molar refractivity (Wildman–Crippen MR) is 51.1 cm³/mol. The number of ketones is 1. The van der Waals surface area contributed by atoms with E-state index < -0.39 is 0 Å². The first-order valence-electron chi connectivity index (χ1n) is 3.44. The summed E-state index contributed by atoms with van der Waals surface area (Å²) in [5.41, 5.74) is 0. The summed E-state index contributed by atoms with van der Waals surface area (Å²) in [4.78, 5) is 10.6. The minimum absolute atomic E-state index is 0.146. The lowest BCUT2D eigenvalue weighted by molar-refractivity contribution is -0.110. The van der Waals surface area contributed by atoms with Gasteiger partial charge in [0.05, 0.1) is 0 Å². The van der Waals surface area contributed by atoms with Crippen LogP contribution in [0.1, 0.15) is 6.92 Å². The van der Waals surface area contributed by atoms with Gasteiger partial charge in [-0.15, -0.1) is 0 Å². The second-order valence-corrected chi connectivity index (χ2v) is 3.42. The monoisotopic (exact) mass is 165 g/mol. The molecule has 0 radical (unpaired) electrons. The van der Waals surface area contributed by atoms with Crippen LogP contribution in [0.25, 0.3) is 0 Å². The Hall–Kier alpha value is -0.940. The van der Waals surface area contributed by atoms with E-state index in [0.717, 1.165) is 0 Å². The molecule has 0 aliphatic rings. The van der Waals surface area contributed by atoms with Crippen molar-refractivity contribution in [3.05, 3.63) is 30.3 Å². The summed E-state index contributed by atoms with van der Waals surface area (Å²) >= 11 is 0. The zero-order chi connectivity index (χ0) is 8.10. The molecule has 0 aliphatic carbocycles. The lowest BCUT2D eigenvalue weighted by atomic mass is 10.4. The van der Waals surface area contributed by atoms with Crippen molar-refractivity contribution in [2.75, 3.05) is 0 Å². The number of carbonyl (C=O) groups is 1. The fourth-order valence-corrected chi connectivity index (χ4v) is 1.47. The molecule has 1 rings (SSSR count). The van der Waals surface area contributed by atoms with Crippen molar-refractivity contribution in [1.29, 1.82) is 0 Å². The Morgan fingerprint density at radius 2 is 2.00 bits per heavy atom. The van der Waals surface area contributed by atoms with Crippen molar-refractivity contribution in [1.82, 2.24) is 0 Å². The van der Waals surface area contributed by atoms with E-state index in [0.29, 0.717) is 8.20 Å². The van der Waals surface area contributed by atoms with Crippen LogP contribution in [0.4, 0.5) is 0 Å². The Balaban J connectivity index is 2.72. The summed E-state index contributed by atoms with van der Waals surface area (Å²) < 4.78 is 0. The summed E-state index contributed by atoms with van der Waals surface area (Å²) in [7, 11) is 0.510. The fourth-order valence-electron chi connectivity index (χ4n) is 0.719. The molecule has 1 atom stereocenters. The van der Waals surface area contributed by atoms with Gasteiger partial charge in [-0.05, 0) is 12.1 Å². The van der Waals surface area contributed by atoms with Gasteiger partial charge in [0.15, 0.2) is 11.6 Å². The van der Waals surface area contributed by atoms with Crippen molar-refractivity contribution in [3.63, 3.8) is 0 Å². The van der Waals surface area contributed by atoms with E-state index in [-0.39, 0.29) is 5.78 Å². The standard InChI is InChI=1S/C9H9OP/c1-8(10)7-11-9-5-3-2-4-6-9/h2-7H,1H3/p+1. The van der Waals surface area contributed by atoms with Crippen LogP contribution in [0.3, 0.4) is 0 Å². The summed E-state index contributed by atoms with van der Waals surface area (Å²) in [6, 6.07) is 9.99. The molecule has 0 bridgehead atoms. The lowest BCUT2D eigenvalue weighted by Gasteiger charge is -1.79. The molecule has 11 heavy (non-hydrogen) atoms. The van der Waals surface area contributed by atoms with E-state index in [2.05, 4.69) is 0 Å². The molecule has 2 heteroatoms. The maximum absolute atomic E-state index is 10.6. The quantitative estimate of drug-likeness (QED) is 0.605. The number of benzene rings is 1. The van der Waals surface area contributed by atoms with Crippen molar-refractivity contribution in [3.8, 4) is 0 Å². The van der Waals surface area contributed by atoms with Gasteiger partial charge in [-0.1, -0.05) is 18.2 Å². The zero-order valence-corrected chi connectivity index (χ0v) is 7.37. The second-order valence-electron chi connectivity index (χ2n) is 2.27. The molecule has 0 saturated heterocycles. The third kappa shape index (κ3) is 3.10. The van der Waals surface area contributed by atoms with Crippen LogP contribution in [0.2, 0.25) is 0 Å². The van der Waals surface area contributed by atoms with Gasteiger partial charge in [0.1, 0.15) is 13.5 Å². The Bertz CT molecular complexity index is 264. The molecule has 0 amide bonds. The molecule has 0 heterocycles.